The summed E-state index contributed by atoms with van der Waals surface area (Å²) in [6.07, 6.45) is 0.780. The van der Waals surface area contributed by atoms with Gasteiger partial charge in [0.1, 0.15) is 0 Å². The Balaban J connectivity index is 4.28. The van der Waals surface area contributed by atoms with E-state index < -0.39 is 5.91 Å². The van der Waals surface area contributed by atoms with Crippen molar-refractivity contribution < 1.29 is 9.59 Å². The maximum atomic E-state index is 11.9. The molecule has 0 aliphatic heterocycles. The Morgan fingerprint density at radius 3 is 2.28 bits per heavy atom. The molecule has 6 heteroatoms. The van der Waals surface area contributed by atoms with Crippen LogP contribution < -0.4 is 11.5 Å². The smallest absolute Gasteiger partial charge is 0.236 e. The second-order valence-electron chi connectivity index (χ2n) is 4.99. The average Bonchev–Trinajstić information content (AvgIpc) is 2.23. The molecule has 0 atom stereocenters. The minimum atomic E-state index is -0.409. The van der Waals surface area contributed by atoms with Gasteiger partial charge in [-0.15, -0.1) is 0 Å². The molecule has 0 fully saturated rings. The molecule has 0 spiro atoms. The topological polar surface area (TPSA) is 92.7 Å². The fraction of sp³-hybridized carbons (Fsp3) is 0.833. The van der Waals surface area contributed by atoms with E-state index in [0.717, 1.165) is 6.42 Å². The van der Waals surface area contributed by atoms with Crippen LogP contribution in [0.1, 0.15) is 20.3 Å². The number of amides is 2. The zero-order valence-corrected chi connectivity index (χ0v) is 11.7. The number of rotatable bonds is 9. The van der Waals surface area contributed by atoms with E-state index in [1.807, 2.05) is 13.8 Å². The fourth-order valence-electron chi connectivity index (χ4n) is 1.69. The molecule has 0 aliphatic carbocycles. The molecule has 0 aliphatic rings. The number of carbonyl (C=O) groups is 2. The van der Waals surface area contributed by atoms with Gasteiger partial charge in [-0.1, -0.05) is 13.8 Å². The summed E-state index contributed by atoms with van der Waals surface area (Å²) in [5.41, 5.74) is 10.6. The van der Waals surface area contributed by atoms with Crippen LogP contribution in [0.15, 0.2) is 0 Å². The van der Waals surface area contributed by atoms with E-state index in [0.29, 0.717) is 25.6 Å². The molecular formula is C12H26N4O2. The summed E-state index contributed by atoms with van der Waals surface area (Å²) in [7, 11) is 1.75. The van der Waals surface area contributed by atoms with Crippen LogP contribution in [0.3, 0.4) is 0 Å². The molecule has 0 saturated heterocycles. The van der Waals surface area contributed by atoms with Crippen LogP contribution >= 0.6 is 0 Å². The predicted octanol–water partition coefficient (Wildman–Crippen LogP) is -0.763. The van der Waals surface area contributed by atoms with Crippen molar-refractivity contribution in [2.24, 2.45) is 17.4 Å². The number of hydrogen-bond donors (Lipinski definition) is 2. The molecule has 2 amide bonds. The standard InChI is InChI=1S/C12H26N4O2/c1-10(2)7-16(8-11(14)17)9-12(18)15(3)6-4-5-13/h10H,4-9,13H2,1-3H3,(H2,14,17). The van der Waals surface area contributed by atoms with E-state index >= 15 is 0 Å². The van der Waals surface area contributed by atoms with Crippen LogP contribution in [0.25, 0.3) is 0 Å². The third kappa shape index (κ3) is 8.03. The van der Waals surface area contributed by atoms with Crippen molar-refractivity contribution in [3.63, 3.8) is 0 Å². The molecule has 0 saturated carbocycles. The first-order valence-corrected chi connectivity index (χ1v) is 6.31. The van der Waals surface area contributed by atoms with E-state index in [9.17, 15) is 9.59 Å². The van der Waals surface area contributed by atoms with Crippen molar-refractivity contribution >= 4 is 11.8 Å². The van der Waals surface area contributed by atoms with Gasteiger partial charge in [0.2, 0.25) is 11.8 Å². The molecule has 6 nitrogen and oxygen atoms in total. The molecule has 0 aromatic rings. The van der Waals surface area contributed by atoms with Crippen molar-refractivity contribution in [2.75, 3.05) is 39.8 Å². The second kappa shape index (κ2) is 8.88. The maximum Gasteiger partial charge on any atom is 0.236 e. The number of carbonyl (C=O) groups excluding carboxylic acids is 2. The molecule has 0 heterocycles. The van der Waals surface area contributed by atoms with Crippen molar-refractivity contribution in [1.82, 2.24) is 9.80 Å². The first-order chi connectivity index (χ1) is 8.36. The average molecular weight is 258 g/mol. The summed E-state index contributed by atoms with van der Waals surface area (Å²) >= 11 is 0. The summed E-state index contributed by atoms with van der Waals surface area (Å²) in [5, 5.41) is 0. The molecule has 0 bridgehead atoms. The van der Waals surface area contributed by atoms with Crippen LogP contribution in [0.2, 0.25) is 0 Å². The van der Waals surface area contributed by atoms with Crippen LogP contribution in [-0.2, 0) is 9.59 Å². The van der Waals surface area contributed by atoms with Crippen LogP contribution in [0, 0.1) is 5.92 Å². The first kappa shape index (κ1) is 16.9. The number of hydrogen-bond acceptors (Lipinski definition) is 4. The van der Waals surface area contributed by atoms with Gasteiger partial charge in [-0.05, 0) is 18.9 Å². The minimum Gasteiger partial charge on any atom is -0.369 e. The van der Waals surface area contributed by atoms with Gasteiger partial charge in [0.15, 0.2) is 0 Å². The Bertz CT molecular complexity index is 269. The molecule has 0 unspecified atom stereocenters. The maximum absolute atomic E-state index is 11.9. The molecule has 18 heavy (non-hydrogen) atoms. The van der Waals surface area contributed by atoms with Crippen molar-refractivity contribution in [2.45, 2.75) is 20.3 Å². The third-order valence-electron chi connectivity index (χ3n) is 2.49. The molecule has 0 radical (unpaired) electrons. The normalized spacial score (nSPS) is 11.0. The molecule has 4 N–H and O–H groups in total. The Kier molecular flexibility index (Phi) is 8.32. The molecule has 106 valence electrons. The van der Waals surface area contributed by atoms with Gasteiger partial charge in [0.05, 0.1) is 13.1 Å². The van der Waals surface area contributed by atoms with Gasteiger partial charge in [-0.25, -0.2) is 0 Å². The number of nitrogens with two attached hydrogens (primary N) is 2. The van der Waals surface area contributed by atoms with Crippen molar-refractivity contribution in [1.29, 1.82) is 0 Å². The van der Waals surface area contributed by atoms with Gasteiger partial charge in [0.25, 0.3) is 0 Å². The van der Waals surface area contributed by atoms with Crippen LogP contribution in [-0.4, -0.2) is 61.4 Å². The second-order valence-corrected chi connectivity index (χ2v) is 4.99. The highest BCUT2D eigenvalue weighted by Crippen LogP contribution is 2.00. The zero-order valence-electron chi connectivity index (χ0n) is 11.7. The number of primary amides is 1. The Morgan fingerprint density at radius 2 is 1.83 bits per heavy atom. The fourth-order valence-corrected chi connectivity index (χ4v) is 1.69. The monoisotopic (exact) mass is 258 g/mol. The molecule has 0 rings (SSSR count). The summed E-state index contributed by atoms with van der Waals surface area (Å²) in [4.78, 5) is 26.3. The van der Waals surface area contributed by atoms with Gasteiger partial charge >= 0.3 is 0 Å². The lowest BCUT2D eigenvalue weighted by Crippen LogP contribution is -2.43. The van der Waals surface area contributed by atoms with Crippen LogP contribution in [0.4, 0.5) is 0 Å². The van der Waals surface area contributed by atoms with Gasteiger partial charge < -0.3 is 16.4 Å². The zero-order chi connectivity index (χ0) is 14.1. The highest BCUT2D eigenvalue weighted by molar-refractivity contribution is 5.80. The molecular weight excluding hydrogens is 232 g/mol. The largest absolute Gasteiger partial charge is 0.369 e. The highest BCUT2D eigenvalue weighted by atomic mass is 16.2. The Labute approximate surface area is 109 Å². The van der Waals surface area contributed by atoms with E-state index in [4.69, 9.17) is 11.5 Å². The Hall–Kier alpha value is -1.14. The summed E-state index contributed by atoms with van der Waals surface area (Å²) < 4.78 is 0. The van der Waals surface area contributed by atoms with Gasteiger partial charge in [-0.3, -0.25) is 14.5 Å². The SMILES string of the molecule is CC(C)CN(CC(N)=O)CC(=O)N(C)CCCN. The van der Waals surface area contributed by atoms with E-state index in [2.05, 4.69) is 0 Å². The van der Waals surface area contributed by atoms with Crippen molar-refractivity contribution in [3.8, 4) is 0 Å². The lowest BCUT2D eigenvalue weighted by molar-refractivity contribution is -0.131. The Morgan fingerprint density at radius 1 is 1.22 bits per heavy atom. The van der Waals surface area contributed by atoms with E-state index in [-0.39, 0.29) is 19.0 Å². The van der Waals surface area contributed by atoms with Gasteiger partial charge in [-0.2, -0.15) is 0 Å². The number of nitrogens with zero attached hydrogens (tertiary/aromatic N) is 2. The number of likely N-dealkylation sites (N-methyl/N-ethyl adjacent to an activating group) is 1. The van der Waals surface area contributed by atoms with Crippen LogP contribution in [0.5, 0.6) is 0 Å². The van der Waals surface area contributed by atoms with E-state index in [1.165, 1.54) is 0 Å². The highest BCUT2D eigenvalue weighted by Gasteiger charge is 2.16. The lowest BCUT2D eigenvalue weighted by atomic mass is 10.2. The lowest BCUT2D eigenvalue weighted by Gasteiger charge is -2.25. The molecule has 0 aromatic heterocycles. The van der Waals surface area contributed by atoms with Crippen molar-refractivity contribution in [3.05, 3.63) is 0 Å². The van der Waals surface area contributed by atoms with Gasteiger partial charge in [0, 0.05) is 20.1 Å². The minimum absolute atomic E-state index is 0.00894. The predicted molar refractivity (Wildman–Crippen MR) is 71.8 cm³/mol. The summed E-state index contributed by atoms with van der Waals surface area (Å²) in [6, 6.07) is 0. The first-order valence-electron chi connectivity index (χ1n) is 6.31. The summed E-state index contributed by atoms with van der Waals surface area (Å²) in [5.74, 6) is -0.0371. The third-order valence-corrected chi connectivity index (χ3v) is 2.49. The quantitative estimate of drug-likeness (QED) is 0.568. The molecule has 0 aromatic carbocycles. The van der Waals surface area contributed by atoms with E-state index in [1.54, 1.807) is 16.8 Å². The summed E-state index contributed by atoms with van der Waals surface area (Å²) in [6.45, 7) is 6.31.